The number of para-hydroxylation sites is 1. The second-order valence-electron chi connectivity index (χ2n) is 10.1. The monoisotopic (exact) mass is 651 g/mol. The summed E-state index contributed by atoms with van der Waals surface area (Å²) in [5.74, 6) is -0.960. The van der Waals surface area contributed by atoms with E-state index >= 15 is 0 Å². The smallest absolute Gasteiger partial charge is 0.264 e. The summed E-state index contributed by atoms with van der Waals surface area (Å²) in [5.41, 5.74) is 2.43. The number of halogens is 2. The number of carbonyl (C=O) groups excluding carboxylic acids is 2. The third-order valence-corrected chi connectivity index (χ3v) is 9.75. The van der Waals surface area contributed by atoms with E-state index in [0.717, 1.165) is 15.4 Å². The van der Waals surface area contributed by atoms with Gasteiger partial charge < -0.3 is 10.2 Å². The van der Waals surface area contributed by atoms with Gasteiger partial charge in [-0.05, 0) is 54.8 Å². The second kappa shape index (κ2) is 15.2. The van der Waals surface area contributed by atoms with Gasteiger partial charge in [0.2, 0.25) is 11.8 Å². The van der Waals surface area contributed by atoms with Crippen molar-refractivity contribution in [1.82, 2.24) is 10.2 Å². The minimum Gasteiger partial charge on any atom is -0.355 e. The number of amides is 2. The Morgan fingerprint density at radius 2 is 1.39 bits per heavy atom. The molecule has 4 aromatic rings. The molecule has 1 N–H and O–H groups in total. The third-order valence-electron chi connectivity index (χ3n) is 7.26. The summed E-state index contributed by atoms with van der Waals surface area (Å²) in [7, 11) is -4.19. The first kappa shape index (κ1) is 33.1. The zero-order valence-electron chi connectivity index (χ0n) is 24.6. The zero-order valence-corrected chi connectivity index (χ0v) is 26.9. The van der Waals surface area contributed by atoms with Crippen LogP contribution in [-0.2, 0) is 39.0 Å². The van der Waals surface area contributed by atoms with Crippen LogP contribution in [0.3, 0.4) is 0 Å². The lowest BCUT2D eigenvalue weighted by atomic mass is 10.0. The van der Waals surface area contributed by atoms with Gasteiger partial charge in [-0.1, -0.05) is 103 Å². The lowest BCUT2D eigenvalue weighted by Gasteiger charge is -2.34. The van der Waals surface area contributed by atoms with Crippen LogP contribution in [0.5, 0.6) is 0 Å². The number of hydrogen-bond donors (Lipinski definition) is 1. The van der Waals surface area contributed by atoms with E-state index in [1.807, 2.05) is 49.4 Å². The van der Waals surface area contributed by atoms with Gasteiger partial charge in [-0.2, -0.15) is 0 Å². The first-order valence-electron chi connectivity index (χ1n) is 14.4. The first-order chi connectivity index (χ1) is 21.2. The molecule has 44 heavy (non-hydrogen) atoms. The summed E-state index contributed by atoms with van der Waals surface area (Å²) in [6.45, 7) is 3.40. The Hall–Kier alpha value is -3.85. The van der Waals surface area contributed by atoms with Gasteiger partial charge in [-0.25, -0.2) is 8.42 Å². The first-order valence-corrected chi connectivity index (χ1v) is 16.6. The predicted molar refractivity (Wildman–Crippen MR) is 176 cm³/mol. The Morgan fingerprint density at radius 1 is 0.795 bits per heavy atom. The predicted octanol–water partition coefficient (Wildman–Crippen LogP) is 6.53. The van der Waals surface area contributed by atoms with Gasteiger partial charge in [0, 0.05) is 35.1 Å². The lowest BCUT2D eigenvalue weighted by molar-refractivity contribution is -0.140. The molecular formula is C34H35Cl2N3O4S. The molecular weight excluding hydrogens is 617 g/mol. The summed E-state index contributed by atoms with van der Waals surface area (Å²) >= 11 is 13.1. The molecule has 2 amide bonds. The Balaban J connectivity index is 1.85. The largest absolute Gasteiger partial charge is 0.355 e. The van der Waals surface area contributed by atoms with Crippen molar-refractivity contribution in [1.29, 1.82) is 0 Å². The number of nitrogens with one attached hydrogen (secondary N) is 1. The van der Waals surface area contributed by atoms with E-state index in [1.54, 1.807) is 55.5 Å². The fourth-order valence-electron chi connectivity index (χ4n) is 4.99. The van der Waals surface area contributed by atoms with E-state index in [1.165, 1.54) is 17.0 Å². The number of carbonyl (C=O) groups is 2. The van der Waals surface area contributed by atoms with E-state index in [0.29, 0.717) is 34.3 Å². The number of hydrogen-bond acceptors (Lipinski definition) is 4. The van der Waals surface area contributed by atoms with E-state index in [4.69, 9.17) is 23.2 Å². The molecule has 0 radical (unpaired) electrons. The van der Waals surface area contributed by atoms with Crippen molar-refractivity contribution in [3.63, 3.8) is 0 Å². The quantitative estimate of drug-likeness (QED) is 0.178. The minimum atomic E-state index is -4.19. The van der Waals surface area contributed by atoms with Crippen LogP contribution in [0, 0.1) is 0 Å². The number of nitrogens with zero attached hydrogens (tertiary/aromatic N) is 2. The average molecular weight is 653 g/mol. The summed E-state index contributed by atoms with van der Waals surface area (Å²) < 4.78 is 29.4. The van der Waals surface area contributed by atoms with Crippen LogP contribution in [-0.4, -0.2) is 44.3 Å². The fourth-order valence-corrected chi connectivity index (χ4v) is 6.98. The van der Waals surface area contributed by atoms with E-state index in [-0.39, 0.29) is 23.8 Å². The number of sulfonamides is 1. The molecule has 0 spiro atoms. The van der Waals surface area contributed by atoms with Gasteiger partial charge in [0.05, 0.1) is 10.6 Å². The third kappa shape index (κ3) is 7.80. The fraction of sp³-hybridized carbons (Fsp3) is 0.235. The highest BCUT2D eigenvalue weighted by molar-refractivity contribution is 7.92. The topological polar surface area (TPSA) is 86.8 Å². The van der Waals surface area contributed by atoms with Crippen LogP contribution in [0.4, 0.5) is 5.69 Å². The van der Waals surface area contributed by atoms with E-state index in [2.05, 4.69) is 5.32 Å². The molecule has 0 bridgehead atoms. The Bertz CT molecular complexity index is 1670. The average Bonchev–Trinajstić information content (AvgIpc) is 3.03. The molecule has 0 aromatic heterocycles. The van der Waals surface area contributed by atoms with Gasteiger partial charge in [0.15, 0.2) is 0 Å². The van der Waals surface area contributed by atoms with Crippen molar-refractivity contribution in [3.05, 3.63) is 130 Å². The molecule has 7 nitrogen and oxygen atoms in total. The number of aryl methyl sites for hydroxylation is 1. The Labute approximate surface area is 269 Å². The molecule has 0 fully saturated rings. The molecule has 1 unspecified atom stereocenters. The summed E-state index contributed by atoms with van der Waals surface area (Å²) in [4.78, 5) is 29.6. The number of likely N-dealkylation sites (N-methyl/N-ethyl adjacent to an activating group) is 1. The molecule has 0 aliphatic carbocycles. The van der Waals surface area contributed by atoms with Crippen LogP contribution in [0.2, 0.25) is 10.0 Å². The maximum Gasteiger partial charge on any atom is 0.264 e. The molecule has 0 heterocycles. The molecule has 0 saturated heterocycles. The SMILES string of the molecule is CCNC(=O)C(Cc1ccccc1)N(Cc1c(Cl)cccc1Cl)C(=O)CN(c1ccccc1CC)S(=O)(=O)c1ccccc1. The lowest BCUT2D eigenvalue weighted by Crippen LogP contribution is -2.53. The van der Waals surface area contributed by atoms with Gasteiger partial charge in [-0.15, -0.1) is 0 Å². The van der Waals surface area contributed by atoms with E-state index < -0.39 is 28.5 Å². The number of benzene rings is 4. The highest BCUT2D eigenvalue weighted by Gasteiger charge is 2.35. The van der Waals surface area contributed by atoms with Crippen molar-refractivity contribution in [3.8, 4) is 0 Å². The molecule has 230 valence electrons. The van der Waals surface area contributed by atoms with Crippen LogP contribution in [0.15, 0.2) is 108 Å². The summed E-state index contributed by atoms with van der Waals surface area (Å²) in [5, 5.41) is 3.50. The molecule has 0 aliphatic heterocycles. The summed E-state index contributed by atoms with van der Waals surface area (Å²) in [6.07, 6.45) is 0.733. The Morgan fingerprint density at radius 3 is 2.00 bits per heavy atom. The number of anilines is 1. The van der Waals surface area contributed by atoms with Crippen molar-refractivity contribution in [2.24, 2.45) is 0 Å². The molecule has 10 heteroatoms. The van der Waals surface area contributed by atoms with Crippen molar-refractivity contribution in [2.45, 2.75) is 44.2 Å². The maximum atomic E-state index is 14.5. The second-order valence-corrected chi connectivity index (χ2v) is 12.8. The standard InChI is InChI=1S/C34H35Cl2N3O4S/c1-3-26-16-11-12-21-31(26)39(44(42,43)27-17-9-6-10-18-27)24-33(40)38(23-28-29(35)19-13-20-30(28)36)32(34(41)37-4-2)22-25-14-7-5-8-15-25/h5-21,32H,3-4,22-24H2,1-2H3,(H,37,41). The molecule has 0 saturated carbocycles. The highest BCUT2D eigenvalue weighted by Crippen LogP contribution is 2.30. The van der Waals surface area contributed by atoms with Gasteiger partial charge in [0.1, 0.15) is 12.6 Å². The molecule has 1 atom stereocenters. The Kier molecular flexibility index (Phi) is 11.4. The van der Waals surface area contributed by atoms with Crippen molar-refractivity contribution < 1.29 is 18.0 Å². The van der Waals surface area contributed by atoms with Crippen LogP contribution >= 0.6 is 23.2 Å². The summed E-state index contributed by atoms with van der Waals surface area (Å²) in [6, 6.07) is 28.4. The van der Waals surface area contributed by atoms with Crippen molar-refractivity contribution >= 4 is 50.7 Å². The normalized spacial score (nSPS) is 11.9. The van der Waals surface area contributed by atoms with Crippen LogP contribution in [0.25, 0.3) is 0 Å². The van der Waals surface area contributed by atoms with E-state index in [9.17, 15) is 18.0 Å². The van der Waals surface area contributed by atoms with Gasteiger partial charge >= 0.3 is 0 Å². The van der Waals surface area contributed by atoms with Crippen LogP contribution < -0.4 is 9.62 Å². The minimum absolute atomic E-state index is 0.0453. The van der Waals surface area contributed by atoms with Crippen LogP contribution in [0.1, 0.15) is 30.5 Å². The molecule has 4 rings (SSSR count). The molecule has 0 aliphatic rings. The molecule has 4 aromatic carbocycles. The van der Waals surface area contributed by atoms with Gasteiger partial charge in [0.25, 0.3) is 10.0 Å². The highest BCUT2D eigenvalue weighted by atomic mass is 35.5. The zero-order chi connectivity index (χ0) is 31.7. The maximum absolute atomic E-state index is 14.5. The number of rotatable bonds is 13. The van der Waals surface area contributed by atoms with Crippen molar-refractivity contribution in [2.75, 3.05) is 17.4 Å². The van der Waals surface area contributed by atoms with Gasteiger partial charge in [-0.3, -0.25) is 13.9 Å².